The van der Waals surface area contributed by atoms with Gasteiger partial charge in [0, 0.05) is 40.0 Å². The van der Waals surface area contributed by atoms with Crippen LogP contribution in [0.5, 0.6) is 0 Å². The summed E-state index contributed by atoms with van der Waals surface area (Å²) in [6.07, 6.45) is 5.68. The largest absolute Gasteiger partial charge is 0.383 e. The number of nitrogens with zero attached hydrogens (tertiary/aromatic N) is 1. The minimum atomic E-state index is 0.424. The zero-order valence-electron chi connectivity index (χ0n) is 10.9. The Kier molecular flexibility index (Phi) is 5.71. The van der Waals surface area contributed by atoms with Gasteiger partial charge >= 0.3 is 0 Å². The highest BCUT2D eigenvalue weighted by Gasteiger charge is 2.23. The number of hydrogen-bond acceptors (Lipinski definition) is 4. The van der Waals surface area contributed by atoms with Crippen molar-refractivity contribution in [1.29, 1.82) is 0 Å². The van der Waals surface area contributed by atoms with Crippen LogP contribution in [0.4, 0.5) is 0 Å². The van der Waals surface area contributed by atoms with Gasteiger partial charge in [-0.2, -0.15) is 0 Å². The van der Waals surface area contributed by atoms with E-state index in [4.69, 9.17) is 14.2 Å². The van der Waals surface area contributed by atoms with Gasteiger partial charge in [0.2, 0.25) is 0 Å². The summed E-state index contributed by atoms with van der Waals surface area (Å²) < 4.78 is 16.6. The molecular formula is C13H25NO3. The van der Waals surface area contributed by atoms with E-state index in [1.165, 1.54) is 25.7 Å². The number of rotatable bonds is 7. The van der Waals surface area contributed by atoms with Crippen LogP contribution in [0, 0.1) is 0 Å². The second-order valence-electron chi connectivity index (χ2n) is 5.02. The Labute approximate surface area is 104 Å². The van der Waals surface area contributed by atoms with Crippen LogP contribution in [-0.4, -0.2) is 63.7 Å². The van der Waals surface area contributed by atoms with Crippen molar-refractivity contribution >= 4 is 0 Å². The second-order valence-corrected chi connectivity index (χ2v) is 5.02. The molecule has 0 aliphatic carbocycles. The van der Waals surface area contributed by atoms with Crippen LogP contribution < -0.4 is 0 Å². The summed E-state index contributed by atoms with van der Waals surface area (Å²) in [4.78, 5) is 2.44. The molecule has 100 valence electrons. The number of methoxy groups -OCH3 is 1. The minimum absolute atomic E-state index is 0.424. The van der Waals surface area contributed by atoms with E-state index in [1.54, 1.807) is 7.11 Å². The molecule has 2 rings (SSSR count). The molecule has 0 radical (unpaired) electrons. The number of hydrogen-bond donors (Lipinski definition) is 0. The molecule has 0 unspecified atom stereocenters. The molecule has 0 aromatic carbocycles. The van der Waals surface area contributed by atoms with Crippen molar-refractivity contribution in [3.63, 3.8) is 0 Å². The molecule has 2 saturated heterocycles. The molecule has 0 N–H and O–H groups in total. The van der Waals surface area contributed by atoms with Gasteiger partial charge in [-0.05, 0) is 25.7 Å². The van der Waals surface area contributed by atoms with Gasteiger partial charge in [-0.25, -0.2) is 0 Å². The topological polar surface area (TPSA) is 30.9 Å². The molecule has 2 fully saturated rings. The molecule has 4 nitrogen and oxygen atoms in total. The van der Waals surface area contributed by atoms with Crippen molar-refractivity contribution in [3.05, 3.63) is 0 Å². The van der Waals surface area contributed by atoms with Crippen molar-refractivity contribution in [3.8, 4) is 0 Å². The average molecular weight is 243 g/mol. The maximum absolute atomic E-state index is 5.70. The second kappa shape index (κ2) is 7.31. The zero-order valence-corrected chi connectivity index (χ0v) is 10.9. The van der Waals surface area contributed by atoms with Crippen molar-refractivity contribution < 1.29 is 14.2 Å². The summed E-state index contributed by atoms with van der Waals surface area (Å²) in [6, 6.07) is 0. The summed E-state index contributed by atoms with van der Waals surface area (Å²) in [5.41, 5.74) is 0. The van der Waals surface area contributed by atoms with Gasteiger partial charge < -0.3 is 14.2 Å². The Morgan fingerprint density at radius 1 is 1.06 bits per heavy atom. The fourth-order valence-electron chi connectivity index (χ4n) is 2.63. The Morgan fingerprint density at radius 2 is 1.65 bits per heavy atom. The first-order valence-corrected chi connectivity index (χ1v) is 6.83. The van der Waals surface area contributed by atoms with Gasteiger partial charge in [0.15, 0.2) is 0 Å². The molecule has 0 aromatic heterocycles. The first-order chi connectivity index (χ1) is 8.38. The maximum Gasteiger partial charge on any atom is 0.0702 e. The maximum atomic E-state index is 5.70. The molecule has 0 amide bonds. The Bertz CT molecular complexity index is 183. The smallest absolute Gasteiger partial charge is 0.0702 e. The predicted molar refractivity (Wildman–Crippen MR) is 66.3 cm³/mol. The molecule has 2 atom stereocenters. The van der Waals surface area contributed by atoms with Crippen LogP contribution >= 0.6 is 0 Å². The van der Waals surface area contributed by atoms with Crippen LogP contribution in [0.25, 0.3) is 0 Å². The Morgan fingerprint density at radius 3 is 2.06 bits per heavy atom. The van der Waals surface area contributed by atoms with Crippen LogP contribution in [0.3, 0.4) is 0 Å². The van der Waals surface area contributed by atoms with Crippen LogP contribution in [0.2, 0.25) is 0 Å². The van der Waals surface area contributed by atoms with E-state index in [1.807, 2.05) is 0 Å². The number of ether oxygens (including phenoxy) is 3. The van der Waals surface area contributed by atoms with Crippen molar-refractivity contribution in [1.82, 2.24) is 4.90 Å². The first kappa shape index (κ1) is 13.3. The predicted octanol–water partition coefficient (Wildman–Crippen LogP) is 1.29. The van der Waals surface area contributed by atoms with Crippen LogP contribution in [0.15, 0.2) is 0 Å². The lowest BCUT2D eigenvalue weighted by molar-refractivity contribution is 0.0279. The summed E-state index contributed by atoms with van der Waals surface area (Å²) in [5.74, 6) is 0. The van der Waals surface area contributed by atoms with Crippen LogP contribution in [-0.2, 0) is 14.2 Å². The van der Waals surface area contributed by atoms with Crippen molar-refractivity contribution in [2.75, 3.05) is 46.6 Å². The Hall–Kier alpha value is -0.160. The molecule has 0 bridgehead atoms. The molecule has 0 spiro atoms. The van der Waals surface area contributed by atoms with Crippen LogP contribution in [0.1, 0.15) is 25.7 Å². The SMILES string of the molecule is COCCN(C[C@H]1CCCO1)C[C@@H]1CCCO1. The lowest BCUT2D eigenvalue weighted by Gasteiger charge is -2.27. The van der Waals surface area contributed by atoms with E-state index in [0.29, 0.717) is 12.2 Å². The van der Waals surface area contributed by atoms with E-state index in [9.17, 15) is 0 Å². The third-order valence-electron chi connectivity index (χ3n) is 3.58. The molecule has 4 heteroatoms. The summed E-state index contributed by atoms with van der Waals surface area (Å²) in [5, 5.41) is 0. The van der Waals surface area contributed by atoms with Gasteiger partial charge in [0.1, 0.15) is 0 Å². The third-order valence-corrected chi connectivity index (χ3v) is 3.58. The summed E-state index contributed by atoms with van der Waals surface area (Å²) in [6.45, 7) is 5.70. The van der Waals surface area contributed by atoms with Gasteiger partial charge in [-0.3, -0.25) is 4.90 Å². The molecule has 17 heavy (non-hydrogen) atoms. The van der Waals surface area contributed by atoms with E-state index >= 15 is 0 Å². The lowest BCUT2D eigenvalue weighted by Crippen LogP contribution is -2.39. The monoisotopic (exact) mass is 243 g/mol. The standard InChI is InChI=1S/C13H25NO3/c1-15-9-6-14(10-12-4-2-7-16-12)11-13-5-3-8-17-13/h12-13H,2-11H2,1H3/t12-,13+. The average Bonchev–Trinajstić information content (AvgIpc) is 2.99. The summed E-state index contributed by atoms with van der Waals surface area (Å²) >= 11 is 0. The van der Waals surface area contributed by atoms with E-state index in [-0.39, 0.29) is 0 Å². The third kappa shape index (κ3) is 4.54. The molecule has 0 aromatic rings. The highest BCUT2D eigenvalue weighted by molar-refractivity contribution is 4.75. The lowest BCUT2D eigenvalue weighted by atomic mass is 10.2. The normalized spacial score (nSPS) is 29.3. The molecule has 2 aliphatic heterocycles. The van der Waals surface area contributed by atoms with Gasteiger partial charge in [-0.1, -0.05) is 0 Å². The zero-order chi connectivity index (χ0) is 11.9. The fraction of sp³-hybridized carbons (Fsp3) is 1.00. The van der Waals surface area contributed by atoms with Gasteiger partial charge in [-0.15, -0.1) is 0 Å². The molecule has 0 saturated carbocycles. The Balaban J connectivity index is 1.74. The van der Waals surface area contributed by atoms with E-state index < -0.39 is 0 Å². The van der Waals surface area contributed by atoms with Gasteiger partial charge in [0.25, 0.3) is 0 Å². The van der Waals surface area contributed by atoms with Gasteiger partial charge in [0.05, 0.1) is 18.8 Å². The quantitative estimate of drug-likeness (QED) is 0.674. The first-order valence-electron chi connectivity index (χ1n) is 6.83. The molecule has 2 heterocycles. The fourth-order valence-corrected chi connectivity index (χ4v) is 2.63. The molecular weight excluding hydrogens is 218 g/mol. The molecule has 2 aliphatic rings. The van der Waals surface area contributed by atoms with E-state index in [0.717, 1.165) is 39.5 Å². The minimum Gasteiger partial charge on any atom is -0.383 e. The van der Waals surface area contributed by atoms with Crippen molar-refractivity contribution in [2.45, 2.75) is 37.9 Å². The van der Waals surface area contributed by atoms with Crippen molar-refractivity contribution in [2.24, 2.45) is 0 Å². The summed E-state index contributed by atoms with van der Waals surface area (Å²) in [7, 11) is 1.76. The van der Waals surface area contributed by atoms with E-state index in [2.05, 4.69) is 4.90 Å². The highest BCUT2D eigenvalue weighted by atomic mass is 16.5. The highest BCUT2D eigenvalue weighted by Crippen LogP contribution is 2.17.